The molecule has 98 valence electrons. The Morgan fingerprint density at radius 1 is 1.33 bits per heavy atom. The Morgan fingerprint density at radius 3 is 2.72 bits per heavy atom. The van der Waals surface area contributed by atoms with E-state index in [-0.39, 0.29) is 0 Å². The summed E-state index contributed by atoms with van der Waals surface area (Å²) in [5, 5.41) is 7.13. The van der Waals surface area contributed by atoms with Gasteiger partial charge in [-0.1, -0.05) is 0 Å². The van der Waals surface area contributed by atoms with Gasteiger partial charge in [0, 0.05) is 36.8 Å². The fraction of sp³-hybridized carbons (Fsp3) is 0.462. The molecule has 18 heavy (non-hydrogen) atoms. The van der Waals surface area contributed by atoms with Gasteiger partial charge in [0.1, 0.15) is 11.6 Å². The number of aromatic amines is 1. The molecule has 2 rings (SSSR count). The minimum Gasteiger partial charge on any atom is -0.304 e. The first-order valence-electron chi connectivity index (χ1n) is 6.01. The molecule has 0 atom stereocenters. The number of likely N-dealkylation sites (N-methyl/N-ethyl adjacent to an activating group) is 1. The van der Waals surface area contributed by atoms with Gasteiger partial charge < -0.3 is 4.90 Å². The number of H-pyrrole nitrogens is 1. The van der Waals surface area contributed by atoms with Crippen molar-refractivity contribution in [3.8, 4) is 0 Å². The monoisotopic (exact) mass is 253 g/mol. The second kappa shape index (κ2) is 5.02. The zero-order chi connectivity index (χ0) is 13.3. The van der Waals surface area contributed by atoms with Gasteiger partial charge in [-0.25, -0.2) is 8.78 Å². The van der Waals surface area contributed by atoms with Crippen molar-refractivity contribution in [2.75, 3.05) is 13.6 Å². The van der Waals surface area contributed by atoms with Crippen molar-refractivity contribution >= 4 is 10.9 Å². The van der Waals surface area contributed by atoms with E-state index in [1.54, 1.807) is 0 Å². The van der Waals surface area contributed by atoms with Gasteiger partial charge in [0.2, 0.25) is 0 Å². The van der Waals surface area contributed by atoms with Gasteiger partial charge in [-0.3, -0.25) is 5.10 Å². The van der Waals surface area contributed by atoms with Crippen molar-refractivity contribution in [2.24, 2.45) is 0 Å². The first-order valence-corrected chi connectivity index (χ1v) is 6.01. The predicted octanol–water partition coefficient (Wildman–Crippen LogP) is 2.72. The van der Waals surface area contributed by atoms with Gasteiger partial charge in [0.15, 0.2) is 0 Å². The van der Waals surface area contributed by atoms with Crippen LogP contribution in [0.25, 0.3) is 10.9 Å². The molecule has 0 spiro atoms. The van der Waals surface area contributed by atoms with E-state index in [0.29, 0.717) is 23.4 Å². The molecule has 3 nitrogen and oxygen atoms in total. The lowest BCUT2D eigenvalue weighted by Crippen LogP contribution is -2.28. The van der Waals surface area contributed by atoms with Crippen LogP contribution in [-0.4, -0.2) is 34.7 Å². The first-order chi connectivity index (χ1) is 8.49. The molecular weight excluding hydrogens is 236 g/mol. The Kier molecular flexibility index (Phi) is 3.61. The summed E-state index contributed by atoms with van der Waals surface area (Å²) in [4.78, 5) is 2.16. The summed E-state index contributed by atoms with van der Waals surface area (Å²) >= 11 is 0. The molecule has 2 aromatic rings. The Balaban J connectivity index is 2.24. The van der Waals surface area contributed by atoms with Crippen LogP contribution < -0.4 is 0 Å². The van der Waals surface area contributed by atoms with E-state index in [2.05, 4.69) is 28.9 Å². The zero-order valence-electron chi connectivity index (χ0n) is 10.8. The van der Waals surface area contributed by atoms with Crippen LogP contribution in [0.4, 0.5) is 8.78 Å². The van der Waals surface area contributed by atoms with E-state index in [9.17, 15) is 8.78 Å². The topological polar surface area (TPSA) is 31.9 Å². The lowest BCUT2D eigenvalue weighted by atomic mass is 10.1. The van der Waals surface area contributed by atoms with Gasteiger partial charge >= 0.3 is 0 Å². The number of rotatable bonds is 4. The maximum Gasteiger partial charge on any atom is 0.137 e. The molecule has 5 heteroatoms. The summed E-state index contributed by atoms with van der Waals surface area (Å²) in [5.41, 5.74) is 1.06. The number of hydrogen-bond acceptors (Lipinski definition) is 2. The third kappa shape index (κ3) is 2.51. The maximum absolute atomic E-state index is 13.7. The molecule has 1 N–H and O–H groups in total. The summed E-state index contributed by atoms with van der Waals surface area (Å²) in [5.74, 6) is -1.15. The standard InChI is InChI=1S/C13H17F2N3/c1-8(2)18(3)5-4-11-13-10(15)6-9(14)7-12(13)17-16-11/h6-8H,4-5H2,1-3H3,(H,16,17). The molecule has 1 aromatic heterocycles. The van der Waals surface area contributed by atoms with Crippen LogP contribution in [0.15, 0.2) is 12.1 Å². The molecular formula is C13H17F2N3. The molecule has 0 unspecified atom stereocenters. The minimum atomic E-state index is -0.600. The molecule has 0 bridgehead atoms. The molecule has 0 aliphatic heterocycles. The highest BCUT2D eigenvalue weighted by Gasteiger charge is 2.13. The summed E-state index contributed by atoms with van der Waals surface area (Å²) in [6, 6.07) is 2.57. The highest BCUT2D eigenvalue weighted by molar-refractivity contribution is 5.82. The van der Waals surface area contributed by atoms with E-state index >= 15 is 0 Å². The molecule has 0 fully saturated rings. The van der Waals surface area contributed by atoms with Crippen LogP contribution >= 0.6 is 0 Å². The number of nitrogens with one attached hydrogen (secondary N) is 1. The Morgan fingerprint density at radius 2 is 2.06 bits per heavy atom. The van der Waals surface area contributed by atoms with Crippen molar-refractivity contribution in [2.45, 2.75) is 26.3 Å². The van der Waals surface area contributed by atoms with Crippen molar-refractivity contribution in [3.63, 3.8) is 0 Å². The number of benzene rings is 1. The van der Waals surface area contributed by atoms with E-state index < -0.39 is 11.6 Å². The number of fused-ring (bicyclic) bond motifs is 1. The maximum atomic E-state index is 13.7. The van der Waals surface area contributed by atoms with Gasteiger partial charge in [0.25, 0.3) is 0 Å². The zero-order valence-corrected chi connectivity index (χ0v) is 10.8. The van der Waals surface area contributed by atoms with Crippen molar-refractivity contribution in [1.29, 1.82) is 0 Å². The highest BCUT2D eigenvalue weighted by Crippen LogP contribution is 2.21. The third-order valence-electron chi connectivity index (χ3n) is 3.24. The van der Waals surface area contributed by atoms with Gasteiger partial charge in [-0.2, -0.15) is 5.10 Å². The molecule has 1 heterocycles. The van der Waals surface area contributed by atoms with E-state index in [4.69, 9.17) is 0 Å². The fourth-order valence-electron chi connectivity index (χ4n) is 1.86. The summed E-state index contributed by atoms with van der Waals surface area (Å²) in [6.07, 6.45) is 0.660. The second-order valence-corrected chi connectivity index (χ2v) is 4.81. The lowest BCUT2D eigenvalue weighted by Gasteiger charge is -2.20. The minimum absolute atomic E-state index is 0.342. The molecule has 0 radical (unpaired) electrons. The van der Waals surface area contributed by atoms with Crippen LogP contribution in [0, 0.1) is 11.6 Å². The third-order valence-corrected chi connectivity index (χ3v) is 3.24. The summed E-state index contributed by atoms with van der Waals surface area (Å²) < 4.78 is 26.7. The van der Waals surface area contributed by atoms with E-state index in [1.165, 1.54) is 6.07 Å². The fourth-order valence-corrected chi connectivity index (χ4v) is 1.86. The molecule has 0 aliphatic rings. The number of aromatic nitrogens is 2. The molecule has 1 aromatic carbocycles. The average molecular weight is 253 g/mol. The van der Waals surface area contributed by atoms with Gasteiger partial charge in [0.05, 0.1) is 10.9 Å². The van der Waals surface area contributed by atoms with Crippen LogP contribution in [0.1, 0.15) is 19.5 Å². The SMILES string of the molecule is CC(C)N(C)CCc1[nH]nc2cc(F)cc(F)c12. The van der Waals surface area contributed by atoms with Crippen molar-refractivity contribution in [3.05, 3.63) is 29.5 Å². The molecule has 0 aliphatic carbocycles. The Hall–Kier alpha value is -1.49. The predicted molar refractivity (Wildman–Crippen MR) is 67.5 cm³/mol. The number of halogens is 2. The first kappa shape index (κ1) is 13.0. The molecule has 0 saturated heterocycles. The van der Waals surface area contributed by atoms with E-state index in [1.807, 2.05) is 7.05 Å². The van der Waals surface area contributed by atoms with Crippen LogP contribution in [0.3, 0.4) is 0 Å². The average Bonchev–Trinajstić information content (AvgIpc) is 2.68. The quantitative estimate of drug-likeness (QED) is 0.908. The van der Waals surface area contributed by atoms with Crippen LogP contribution in [0.5, 0.6) is 0 Å². The van der Waals surface area contributed by atoms with Crippen LogP contribution in [-0.2, 0) is 6.42 Å². The van der Waals surface area contributed by atoms with Crippen LogP contribution in [0.2, 0.25) is 0 Å². The van der Waals surface area contributed by atoms with Crippen molar-refractivity contribution in [1.82, 2.24) is 15.1 Å². The Bertz CT molecular complexity index is 548. The smallest absolute Gasteiger partial charge is 0.137 e. The molecule has 0 amide bonds. The second-order valence-electron chi connectivity index (χ2n) is 4.81. The summed E-state index contributed by atoms with van der Waals surface area (Å²) in [7, 11) is 2.01. The normalized spacial score (nSPS) is 11.9. The van der Waals surface area contributed by atoms with Crippen molar-refractivity contribution < 1.29 is 8.78 Å². The van der Waals surface area contributed by atoms with E-state index in [0.717, 1.165) is 18.3 Å². The van der Waals surface area contributed by atoms with Gasteiger partial charge in [-0.15, -0.1) is 0 Å². The largest absolute Gasteiger partial charge is 0.304 e. The number of nitrogens with zero attached hydrogens (tertiary/aromatic N) is 2. The molecule has 0 saturated carbocycles. The Labute approximate surface area is 105 Å². The number of hydrogen-bond donors (Lipinski definition) is 1. The summed E-state index contributed by atoms with van der Waals surface area (Å²) in [6.45, 7) is 4.99. The van der Waals surface area contributed by atoms with Gasteiger partial charge in [-0.05, 0) is 20.9 Å². The lowest BCUT2D eigenvalue weighted by molar-refractivity contribution is 0.277. The highest BCUT2D eigenvalue weighted by atomic mass is 19.1.